The molecule has 3 heterocycles. The highest BCUT2D eigenvalue weighted by molar-refractivity contribution is 6.11. The van der Waals surface area contributed by atoms with E-state index in [1.54, 1.807) is 0 Å². The normalized spacial score (nSPS) is 18.6. The maximum atomic E-state index is 13.1. The Hall–Kier alpha value is -2.96. The van der Waals surface area contributed by atoms with Gasteiger partial charge < -0.3 is 9.88 Å². The van der Waals surface area contributed by atoms with Crippen LogP contribution < -0.4 is 5.32 Å². The standard InChI is InChI=1S/C23H28N4O3/c1-15-9-8-10-20(24-15)27-16(2)13-18(17(27)3)19(28)14-26-21(29)23(25-22(26)30)11-6-4-5-7-12-23/h8-10,13H,4-7,11-12,14H2,1-3H3,(H,25,30). The lowest BCUT2D eigenvalue weighted by Gasteiger charge is -2.24. The van der Waals surface area contributed by atoms with Crippen LogP contribution in [0.3, 0.4) is 0 Å². The molecule has 30 heavy (non-hydrogen) atoms. The number of nitrogens with one attached hydrogen (secondary N) is 1. The third-order valence-electron chi connectivity index (χ3n) is 6.34. The van der Waals surface area contributed by atoms with Crippen molar-refractivity contribution >= 4 is 17.7 Å². The van der Waals surface area contributed by atoms with Crippen LogP contribution in [0.4, 0.5) is 4.79 Å². The maximum Gasteiger partial charge on any atom is 0.325 e. The second-order valence-electron chi connectivity index (χ2n) is 8.50. The fourth-order valence-corrected chi connectivity index (χ4v) is 4.77. The van der Waals surface area contributed by atoms with Gasteiger partial charge in [0.1, 0.15) is 11.4 Å². The molecule has 2 aromatic heterocycles. The van der Waals surface area contributed by atoms with Crippen LogP contribution in [0.1, 0.15) is 66.0 Å². The van der Waals surface area contributed by atoms with Crippen LogP contribution in [0.25, 0.3) is 5.82 Å². The van der Waals surface area contributed by atoms with E-state index in [0.717, 1.165) is 53.5 Å². The van der Waals surface area contributed by atoms with E-state index in [4.69, 9.17) is 0 Å². The van der Waals surface area contributed by atoms with Gasteiger partial charge in [0.25, 0.3) is 5.91 Å². The van der Waals surface area contributed by atoms with E-state index >= 15 is 0 Å². The van der Waals surface area contributed by atoms with Crippen molar-refractivity contribution in [3.8, 4) is 5.82 Å². The zero-order valence-corrected chi connectivity index (χ0v) is 17.8. The molecular formula is C23H28N4O3. The van der Waals surface area contributed by atoms with Gasteiger partial charge in [-0.1, -0.05) is 31.7 Å². The number of urea groups is 1. The van der Waals surface area contributed by atoms with Crippen LogP contribution in [0, 0.1) is 20.8 Å². The van der Waals surface area contributed by atoms with Gasteiger partial charge in [0.2, 0.25) is 0 Å². The summed E-state index contributed by atoms with van der Waals surface area (Å²) in [7, 11) is 0. The number of aryl methyl sites for hydroxylation is 2. The van der Waals surface area contributed by atoms with E-state index in [1.165, 1.54) is 0 Å². The Morgan fingerprint density at radius 1 is 1.10 bits per heavy atom. The van der Waals surface area contributed by atoms with E-state index in [1.807, 2.05) is 49.6 Å². The molecule has 0 aromatic carbocycles. The molecule has 0 radical (unpaired) electrons. The van der Waals surface area contributed by atoms with Gasteiger partial charge in [-0.15, -0.1) is 0 Å². The lowest BCUT2D eigenvalue weighted by atomic mass is 9.90. The summed E-state index contributed by atoms with van der Waals surface area (Å²) in [5, 5.41) is 2.90. The minimum absolute atomic E-state index is 0.238. The minimum atomic E-state index is -0.823. The number of imide groups is 1. The molecule has 1 aliphatic carbocycles. The number of pyridine rings is 1. The Morgan fingerprint density at radius 2 is 1.80 bits per heavy atom. The van der Waals surface area contributed by atoms with Gasteiger partial charge in [0.05, 0.1) is 6.54 Å². The Balaban J connectivity index is 1.58. The molecule has 158 valence electrons. The summed E-state index contributed by atoms with van der Waals surface area (Å²) in [5.41, 5.74) is 2.22. The number of ketones is 1. The molecule has 1 aliphatic heterocycles. The van der Waals surface area contributed by atoms with Gasteiger partial charge >= 0.3 is 6.03 Å². The first-order valence-corrected chi connectivity index (χ1v) is 10.6. The summed E-state index contributed by atoms with van der Waals surface area (Å²) in [6, 6.07) is 7.10. The summed E-state index contributed by atoms with van der Waals surface area (Å²) in [6.07, 6.45) is 5.27. The molecule has 0 bridgehead atoms. The van der Waals surface area contributed by atoms with Crippen molar-refractivity contribution in [3.05, 3.63) is 46.9 Å². The first-order chi connectivity index (χ1) is 14.3. The molecule has 1 saturated heterocycles. The molecule has 7 nitrogen and oxygen atoms in total. The SMILES string of the molecule is Cc1cccc(-n2c(C)cc(C(=O)CN3C(=O)NC4(CCCCCC4)C3=O)c2C)n1. The molecule has 2 aromatic rings. The van der Waals surface area contributed by atoms with Crippen LogP contribution in [-0.4, -0.2) is 44.3 Å². The first-order valence-electron chi connectivity index (χ1n) is 10.6. The average molecular weight is 409 g/mol. The van der Waals surface area contributed by atoms with Crippen molar-refractivity contribution in [1.29, 1.82) is 0 Å². The lowest BCUT2D eigenvalue weighted by molar-refractivity contribution is -0.131. The quantitative estimate of drug-likeness (QED) is 0.619. The predicted octanol–water partition coefficient (Wildman–Crippen LogP) is 3.63. The highest BCUT2D eigenvalue weighted by Crippen LogP contribution is 2.33. The number of nitrogens with zero attached hydrogens (tertiary/aromatic N) is 3. The Kier molecular flexibility index (Phi) is 5.22. The molecule has 0 atom stereocenters. The largest absolute Gasteiger partial charge is 0.325 e. The zero-order chi connectivity index (χ0) is 21.5. The monoisotopic (exact) mass is 408 g/mol. The number of aromatic nitrogens is 2. The third kappa shape index (κ3) is 3.42. The molecule has 2 fully saturated rings. The Morgan fingerprint density at radius 3 is 2.47 bits per heavy atom. The lowest BCUT2D eigenvalue weighted by Crippen LogP contribution is -2.46. The summed E-state index contributed by atoms with van der Waals surface area (Å²) in [4.78, 5) is 44.4. The molecule has 1 saturated carbocycles. The smallest absolute Gasteiger partial charge is 0.323 e. The topological polar surface area (TPSA) is 84.3 Å². The van der Waals surface area contributed by atoms with E-state index in [2.05, 4.69) is 10.3 Å². The van der Waals surface area contributed by atoms with Crippen LogP contribution in [0.15, 0.2) is 24.3 Å². The molecule has 2 aliphatic rings. The van der Waals surface area contributed by atoms with Crippen molar-refractivity contribution in [2.24, 2.45) is 0 Å². The van der Waals surface area contributed by atoms with Crippen molar-refractivity contribution in [1.82, 2.24) is 19.8 Å². The third-order valence-corrected chi connectivity index (χ3v) is 6.34. The van der Waals surface area contributed by atoms with Gasteiger partial charge in [0, 0.05) is 22.6 Å². The van der Waals surface area contributed by atoms with Gasteiger partial charge in [0.15, 0.2) is 5.78 Å². The number of carbonyl (C=O) groups is 3. The van der Waals surface area contributed by atoms with Crippen LogP contribution in [0.2, 0.25) is 0 Å². The molecule has 3 amide bonds. The molecule has 1 spiro atoms. The highest BCUT2D eigenvalue weighted by Gasteiger charge is 2.51. The predicted molar refractivity (Wildman–Crippen MR) is 113 cm³/mol. The fourth-order valence-electron chi connectivity index (χ4n) is 4.77. The second-order valence-corrected chi connectivity index (χ2v) is 8.50. The first kappa shape index (κ1) is 20.3. The molecule has 1 N–H and O–H groups in total. The molecular weight excluding hydrogens is 380 g/mol. The summed E-state index contributed by atoms with van der Waals surface area (Å²) in [6.45, 7) is 5.47. The van der Waals surface area contributed by atoms with Gasteiger partial charge in [-0.2, -0.15) is 0 Å². The van der Waals surface area contributed by atoms with Gasteiger partial charge in [-0.05, 0) is 51.8 Å². The number of amides is 3. The summed E-state index contributed by atoms with van der Waals surface area (Å²) >= 11 is 0. The van der Waals surface area contributed by atoms with Gasteiger partial charge in [-0.25, -0.2) is 9.78 Å². The number of hydrogen-bond donors (Lipinski definition) is 1. The average Bonchev–Trinajstić information content (AvgIpc) is 2.99. The van der Waals surface area contributed by atoms with E-state index < -0.39 is 11.6 Å². The minimum Gasteiger partial charge on any atom is -0.323 e. The second kappa shape index (κ2) is 7.70. The Bertz CT molecular complexity index is 1020. The molecule has 7 heteroatoms. The summed E-state index contributed by atoms with van der Waals surface area (Å²) in [5.74, 6) is 0.254. The van der Waals surface area contributed by atoms with Crippen LogP contribution in [-0.2, 0) is 4.79 Å². The number of rotatable bonds is 4. The fraction of sp³-hybridized carbons (Fsp3) is 0.478. The van der Waals surface area contributed by atoms with Crippen molar-refractivity contribution < 1.29 is 14.4 Å². The van der Waals surface area contributed by atoms with E-state index in [-0.39, 0.29) is 18.2 Å². The Labute approximate surface area is 176 Å². The van der Waals surface area contributed by atoms with Crippen LogP contribution in [0.5, 0.6) is 0 Å². The van der Waals surface area contributed by atoms with Gasteiger partial charge in [-0.3, -0.25) is 14.5 Å². The van der Waals surface area contributed by atoms with E-state index in [9.17, 15) is 14.4 Å². The van der Waals surface area contributed by atoms with Crippen molar-refractivity contribution in [2.45, 2.75) is 64.8 Å². The summed E-state index contributed by atoms with van der Waals surface area (Å²) < 4.78 is 1.93. The van der Waals surface area contributed by atoms with E-state index in [0.29, 0.717) is 18.4 Å². The number of carbonyl (C=O) groups excluding carboxylic acids is 3. The highest BCUT2D eigenvalue weighted by atomic mass is 16.2. The van der Waals surface area contributed by atoms with Crippen LogP contribution >= 0.6 is 0 Å². The molecule has 0 unspecified atom stereocenters. The van der Waals surface area contributed by atoms with Crippen molar-refractivity contribution in [2.75, 3.05) is 6.54 Å². The van der Waals surface area contributed by atoms with Crippen molar-refractivity contribution in [3.63, 3.8) is 0 Å². The number of hydrogen-bond acceptors (Lipinski definition) is 4. The maximum absolute atomic E-state index is 13.1. The zero-order valence-electron chi connectivity index (χ0n) is 17.8. The molecule has 4 rings (SSSR count). The number of Topliss-reactive ketones (excluding diaryl/α,β-unsaturated/α-hetero) is 1.